The van der Waals surface area contributed by atoms with Gasteiger partial charge in [-0.3, -0.25) is 4.79 Å². The number of benzene rings is 2. The number of phenols is 1. The molecule has 1 heterocycles. The second-order valence-electron chi connectivity index (χ2n) is 4.93. The number of carbonyl (C=O) groups is 1. The average Bonchev–Trinajstić information content (AvgIpc) is 3.11. The summed E-state index contributed by atoms with van der Waals surface area (Å²) < 4.78 is 1.96. The number of amides is 1. The van der Waals surface area contributed by atoms with Crippen molar-refractivity contribution in [1.82, 2.24) is 9.99 Å². The van der Waals surface area contributed by atoms with Gasteiger partial charge in [0.15, 0.2) is 0 Å². The van der Waals surface area contributed by atoms with Crippen molar-refractivity contribution in [2.75, 3.05) is 0 Å². The Morgan fingerprint density at radius 3 is 2.30 bits per heavy atom. The van der Waals surface area contributed by atoms with Gasteiger partial charge in [0, 0.05) is 23.6 Å². The zero-order valence-corrected chi connectivity index (χ0v) is 12.3. The molecule has 0 unspecified atom stereocenters. The van der Waals surface area contributed by atoms with Crippen LogP contribution in [-0.2, 0) is 0 Å². The Morgan fingerprint density at radius 2 is 1.65 bits per heavy atom. The van der Waals surface area contributed by atoms with Crippen molar-refractivity contribution >= 4 is 12.1 Å². The molecule has 3 aromatic rings. The molecule has 0 aliphatic heterocycles. The zero-order chi connectivity index (χ0) is 16.1. The third-order valence-electron chi connectivity index (χ3n) is 3.30. The van der Waals surface area contributed by atoms with Crippen molar-refractivity contribution in [2.45, 2.75) is 0 Å². The van der Waals surface area contributed by atoms with Crippen molar-refractivity contribution in [3.8, 4) is 11.4 Å². The summed E-state index contributed by atoms with van der Waals surface area (Å²) in [5.74, 6) is -0.0898. The summed E-state index contributed by atoms with van der Waals surface area (Å²) >= 11 is 0. The molecule has 5 heteroatoms. The molecular formula is C18H15N3O2. The van der Waals surface area contributed by atoms with E-state index in [1.165, 1.54) is 6.21 Å². The zero-order valence-electron chi connectivity index (χ0n) is 12.3. The van der Waals surface area contributed by atoms with Crippen LogP contribution in [0.15, 0.2) is 78.2 Å². The minimum atomic E-state index is -0.279. The fourth-order valence-electron chi connectivity index (χ4n) is 2.08. The Balaban J connectivity index is 1.63. The molecule has 23 heavy (non-hydrogen) atoms. The number of carbonyl (C=O) groups excluding carboxylic acids is 1. The van der Waals surface area contributed by atoms with Crippen LogP contribution in [-0.4, -0.2) is 21.8 Å². The summed E-state index contributed by atoms with van der Waals surface area (Å²) in [6.07, 6.45) is 5.40. The first-order valence-electron chi connectivity index (χ1n) is 7.08. The van der Waals surface area contributed by atoms with Gasteiger partial charge in [0.2, 0.25) is 0 Å². The summed E-state index contributed by atoms with van der Waals surface area (Å²) in [7, 11) is 0. The molecule has 5 nitrogen and oxygen atoms in total. The van der Waals surface area contributed by atoms with Gasteiger partial charge in [-0.2, -0.15) is 5.10 Å². The van der Waals surface area contributed by atoms with Gasteiger partial charge in [-0.05, 0) is 66.2 Å². The van der Waals surface area contributed by atoms with Crippen molar-refractivity contribution in [2.24, 2.45) is 5.10 Å². The lowest BCUT2D eigenvalue weighted by Crippen LogP contribution is -2.17. The molecule has 0 atom stereocenters. The number of hydrogen-bond acceptors (Lipinski definition) is 3. The maximum absolute atomic E-state index is 12.0. The van der Waals surface area contributed by atoms with Crippen LogP contribution in [0.4, 0.5) is 0 Å². The van der Waals surface area contributed by atoms with Gasteiger partial charge in [-0.15, -0.1) is 0 Å². The van der Waals surface area contributed by atoms with Crippen LogP contribution in [0.25, 0.3) is 5.69 Å². The number of phenolic OH excluding ortho intramolecular Hbond substituents is 1. The van der Waals surface area contributed by atoms with Crippen LogP contribution in [0, 0.1) is 0 Å². The van der Waals surface area contributed by atoms with Gasteiger partial charge in [0.25, 0.3) is 5.91 Å². The number of aromatic nitrogens is 1. The van der Waals surface area contributed by atoms with Gasteiger partial charge in [-0.1, -0.05) is 0 Å². The first-order chi connectivity index (χ1) is 11.2. The Hall–Kier alpha value is -3.34. The minimum absolute atomic E-state index is 0.189. The highest BCUT2D eigenvalue weighted by molar-refractivity contribution is 5.95. The summed E-state index contributed by atoms with van der Waals surface area (Å²) in [5, 5.41) is 13.1. The third-order valence-corrected chi connectivity index (χ3v) is 3.30. The van der Waals surface area contributed by atoms with Crippen LogP contribution in [0.1, 0.15) is 15.9 Å². The van der Waals surface area contributed by atoms with E-state index in [1.807, 2.05) is 41.2 Å². The van der Waals surface area contributed by atoms with E-state index < -0.39 is 0 Å². The lowest BCUT2D eigenvalue weighted by atomic mass is 10.2. The van der Waals surface area contributed by atoms with Crippen LogP contribution < -0.4 is 5.43 Å². The largest absolute Gasteiger partial charge is 0.508 e. The van der Waals surface area contributed by atoms with Crippen molar-refractivity contribution < 1.29 is 9.90 Å². The van der Waals surface area contributed by atoms with Crippen LogP contribution in [0.3, 0.4) is 0 Å². The Labute approximate surface area is 133 Å². The van der Waals surface area contributed by atoms with E-state index in [0.717, 1.165) is 11.3 Å². The lowest BCUT2D eigenvalue weighted by molar-refractivity contribution is 0.0955. The predicted molar refractivity (Wildman–Crippen MR) is 88.9 cm³/mol. The van der Waals surface area contributed by atoms with Crippen molar-refractivity contribution in [1.29, 1.82) is 0 Å². The van der Waals surface area contributed by atoms with Crippen LogP contribution in [0.5, 0.6) is 5.75 Å². The van der Waals surface area contributed by atoms with E-state index in [-0.39, 0.29) is 11.7 Å². The molecule has 2 aromatic carbocycles. The number of nitrogens with one attached hydrogen (secondary N) is 1. The molecule has 0 radical (unpaired) electrons. The molecule has 1 aromatic heterocycles. The monoisotopic (exact) mass is 305 g/mol. The normalized spacial score (nSPS) is 10.8. The highest BCUT2D eigenvalue weighted by Gasteiger charge is 2.04. The van der Waals surface area contributed by atoms with Crippen LogP contribution in [0.2, 0.25) is 0 Å². The van der Waals surface area contributed by atoms with Crippen molar-refractivity contribution in [3.05, 3.63) is 84.2 Å². The molecule has 0 aliphatic carbocycles. The smallest absolute Gasteiger partial charge is 0.271 e. The quantitative estimate of drug-likeness (QED) is 0.575. The standard InChI is InChI=1S/C18H15N3O2/c22-17-9-3-14(4-10-17)13-19-20-18(23)15-5-7-16(8-6-15)21-11-1-2-12-21/h1-13,22H,(H,20,23)/b19-13+. The second kappa shape index (κ2) is 6.62. The molecule has 0 saturated heterocycles. The molecule has 0 saturated carbocycles. The molecule has 3 rings (SSSR count). The summed E-state index contributed by atoms with van der Waals surface area (Å²) in [5.41, 5.74) is 4.78. The number of aromatic hydroxyl groups is 1. The Bertz CT molecular complexity index is 804. The first kappa shape index (κ1) is 14.6. The third kappa shape index (κ3) is 3.65. The summed E-state index contributed by atoms with van der Waals surface area (Å²) in [6, 6.07) is 17.7. The van der Waals surface area contributed by atoms with Crippen LogP contribution >= 0.6 is 0 Å². The van der Waals surface area contributed by atoms with Gasteiger partial charge < -0.3 is 9.67 Å². The molecule has 2 N–H and O–H groups in total. The van der Waals surface area contributed by atoms with Gasteiger partial charge in [-0.25, -0.2) is 5.43 Å². The van der Waals surface area contributed by atoms with Gasteiger partial charge in [0.05, 0.1) is 6.21 Å². The van der Waals surface area contributed by atoms with E-state index in [0.29, 0.717) is 5.56 Å². The maximum Gasteiger partial charge on any atom is 0.271 e. The summed E-state index contributed by atoms with van der Waals surface area (Å²) in [4.78, 5) is 12.0. The maximum atomic E-state index is 12.0. The van der Waals surface area contributed by atoms with E-state index in [9.17, 15) is 9.90 Å². The number of hydrazone groups is 1. The van der Waals surface area contributed by atoms with E-state index in [4.69, 9.17) is 0 Å². The van der Waals surface area contributed by atoms with Gasteiger partial charge >= 0.3 is 0 Å². The second-order valence-corrected chi connectivity index (χ2v) is 4.93. The Morgan fingerprint density at radius 1 is 1.00 bits per heavy atom. The molecule has 0 bridgehead atoms. The highest BCUT2D eigenvalue weighted by Crippen LogP contribution is 2.10. The number of hydrogen-bond donors (Lipinski definition) is 2. The van der Waals surface area contributed by atoms with E-state index >= 15 is 0 Å². The predicted octanol–water partition coefficient (Wildman–Crippen LogP) is 2.95. The topological polar surface area (TPSA) is 66.6 Å². The SMILES string of the molecule is O=C(N/N=C/c1ccc(O)cc1)c1ccc(-n2cccc2)cc1. The molecule has 0 spiro atoms. The van der Waals surface area contributed by atoms with Crippen molar-refractivity contribution in [3.63, 3.8) is 0 Å². The average molecular weight is 305 g/mol. The molecule has 0 fully saturated rings. The fourth-order valence-corrected chi connectivity index (χ4v) is 2.08. The minimum Gasteiger partial charge on any atom is -0.508 e. The number of rotatable bonds is 4. The van der Waals surface area contributed by atoms with E-state index in [1.54, 1.807) is 36.4 Å². The van der Waals surface area contributed by atoms with E-state index in [2.05, 4.69) is 10.5 Å². The first-order valence-corrected chi connectivity index (χ1v) is 7.08. The highest BCUT2D eigenvalue weighted by atomic mass is 16.3. The molecule has 1 amide bonds. The number of nitrogens with zero attached hydrogens (tertiary/aromatic N) is 2. The fraction of sp³-hybridized carbons (Fsp3) is 0. The molecule has 0 aliphatic rings. The van der Waals surface area contributed by atoms with Gasteiger partial charge in [0.1, 0.15) is 5.75 Å². The molecule has 114 valence electrons. The summed E-state index contributed by atoms with van der Waals surface area (Å²) in [6.45, 7) is 0. The Kier molecular flexibility index (Phi) is 4.20. The lowest BCUT2D eigenvalue weighted by Gasteiger charge is -2.04. The molecular weight excluding hydrogens is 290 g/mol.